The van der Waals surface area contributed by atoms with Gasteiger partial charge in [0.1, 0.15) is 0 Å². The third-order valence-electron chi connectivity index (χ3n) is 3.21. The fourth-order valence-electron chi connectivity index (χ4n) is 1.91. The summed E-state index contributed by atoms with van der Waals surface area (Å²) >= 11 is 5.11. The largest absolute Gasteiger partial charge is 0.352 e. The molecule has 0 saturated heterocycles. The Bertz CT molecular complexity index is 546. The van der Waals surface area contributed by atoms with Crippen LogP contribution in [0.4, 0.5) is 5.69 Å². The first-order valence-electron chi connectivity index (χ1n) is 8.06. The Labute approximate surface area is 143 Å². The van der Waals surface area contributed by atoms with Crippen LogP contribution in [-0.2, 0) is 4.79 Å². The molecule has 0 saturated carbocycles. The summed E-state index contributed by atoms with van der Waals surface area (Å²) in [7, 11) is 0. The smallest absolute Gasteiger partial charge is 0.251 e. The van der Waals surface area contributed by atoms with E-state index in [0.717, 1.165) is 25.7 Å². The number of thiocarbonyl (C=S) groups is 1. The van der Waals surface area contributed by atoms with Gasteiger partial charge in [-0.3, -0.25) is 9.59 Å². The summed E-state index contributed by atoms with van der Waals surface area (Å²) in [6.45, 7) is 4.77. The van der Waals surface area contributed by atoms with Crippen LogP contribution in [0, 0.1) is 0 Å². The number of benzene rings is 1. The van der Waals surface area contributed by atoms with Crippen molar-refractivity contribution in [2.75, 3.05) is 11.9 Å². The van der Waals surface area contributed by atoms with Gasteiger partial charge in [0, 0.05) is 24.2 Å². The van der Waals surface area contributed by atoms with Gasteiger partial charge < -0.3 is 16.0 Å². The van der Waals surface area contributed by atoms with Crippen molar-refractivity contribution in [2.24, 2.45) is 0 Å². The SMILES string of the molecule is CCCCNC(=O)c1cccc(NC(=S)NC(=O)CCCC)c1. The molecule has 0 unspecified atom stereocenters. The lowest BCUT2D eigenvalue weighted by Crippen LogP contribution is -2.34. The van der Waals surface area contributed by atoms with E-state index in [1.54, 1.807) is 24.3 Å². The lowest BCUT2D eigenvalue weighted by Gasteiger charge is -2.11. The van der Waals surface area contributed by atoms with Gasteiger partial charge in [-0.15, -0.1) is 0 Å². The van der Waals surface area contributed by atoms with Crippen LogP contribution in [0.25, 0.3) is 0 Å². The number of amides is 2. The van der Waals surface area contributed by atoms with Crippen LogP contribution >= 0.6 is 12.2 Å². The molecule has 0 spiro atoms. The van der Waals surface area contributed by atoms with Crippen molar-refractivity contribution in [3.63, 3.8) is 0 Å². The molecule has 23 heavy (non-hydrogen) atoms. The van der Waals surface area contributed by atoms with E-state index in [1.807, 2.05) is 6.92 Å². The van der Waals surface area contributed by atoms with Crippen LogP contribution in [-0.4, -0.2) is 23.5 Å². The molecule has 0 aromatic heterocycles. The van der Waals surface area contributed by atoms with E-state index in [-0.39, 0.29) is 16.9 Å². The number of anilines is 1. The number of carbonyl (C=O) groups excluding carboxylic acids is 2. The van der Waals surface area contributed by atoms with Crippen molar-refractivity contribution in [3.05, 3.63) is 29.8 Å². The molecule has 5 nitrogen and oxygen atoms in total. The molecule has 3 N–H and O–H groups in total. The van der Waals surface area contributed by atoms with Crippen molar-refractivity contribution in [2.45, 2.75) is 46.0 Å². The summed E-state index contributed by atoms with van der Waals surface area (Å²) in [6, 6.07) is 7.03. The van der Waals surface area contributed by atoms with E-state index in [0.29, 0.717) is 24.2 Å². The minimum atomic E-state index is -0.111. The van der Waals surface area contributed by atoms with E-state index in [2.05, 4.69) is 22.9 Å². The zero-order chi connectivity index (χ0) is 17.1. The van der Waals surface area contributed by atoms with E-state index < -0.39 is 0 Å². The predicted octanol–water partition coefficient (Wildman–Crippen LogP) is 3.22. The summed E-state index contributed by atoms with van der Waals surface area (Å²) in [5.41, 5.74) is 1.24. The Balaban J connectivity index is 2.54. The monoisotopic (exact) mass is 335 g/mol. The Kier molecular flexibility index (Phi) is 8.90. The zero-order valence-corrected chi connectivity index (χ0v) is 14.6. The minimum Gasteiger partial charge on any atom is -0.352 e. The number of carbonyl (C=O) groups is 2. The molecule has 1 rings (SSSR count). The Hall–Kier alpha value is -1.95. The van der Waals surface area contributed by atoms with Crippen LogP contribution in [0.5, 0.6) is 0 Å². The molecule has 0 bridgehead atoms. The molecule has 1 aromatic rings. The van der Waals surface area contributed by atoms with Crippen LogP contribution in [0.3, 0.4) is 0 Å². The van der Waals surface area contributed by atoms with Crippen molar-refractivity contribution in [3.8, 4) is 0 Å². The second-order valence-electron chi connectivity index (χ2n) is 5.30. The standard InChI is InChI=1S/C17H25N3O2S/c1-3-5-10-15(21)20-17(23)19-14-9-7-8-13(12-14)16(22)18-11-6-4-2/h7-9,12H,3-6,10-11H2,1-2H3,(H,18,22)(H2,19,20,21,23). The van der Waals surface area contributed by atoms with Gasteiger partial charge in [0.2, 0.25) is 5.91 Å². The Morgan fingerprint density at radius 1 is 1.13 bits per heavy atom. The second kappa shape index (κ2) is 10.7. The number of unbranched alkanes of at least 4 members (excludes halogenated alkanes) is 2. The third kappa shape index (κ3) is 7.74. The van der Waals surface area contributed by atoms with Gasteiger partial charge in [0.15, 0.2) is 5.11 Å². The highest BCUT2D eigenvalue weighted by Crippen LogP contribution is 2.10. The molecule has 0 aliphatic carbocycles. The second-order valence-corrected chi connectivity index (χ2v) is 5.70. The normalized spacial score (nSPS) is 10.0. The number of rotatable bonds is 8. The van der Waals surface area contributed by atoms with Gasteiger partial charge in [-0.25, -0.2) is 0 Å². The fraction of sp³-hybridized carbons (Fsp3) is 0.471. The first kappa shape index (κ1) is 19.1. The molecule has 0 atom stereocenters. The highest BCUT2D eigenvalue weighted by atomic mass is 32.1. The van der Waals surface area contributed by atoms with Crippen LogP contribution in [0.1, 0.15) is 56.3 Å². The lowest BCUT2D eigenvalue weighted by atomic mass is 10.2. The molecule has 126 valence electrons. The van der Waals surface area contributed by atoms with E-state index >= 15 is 0 Å². The molecule has 1 aromatic carbocycles. The van der Waals surface area contributed by atoms with Crippen molar-refractivity contribution in [1.82, 2.24) is 10.6 Å². The van der Waals surface area contributed by atoms with E-state index in [1.165, 1.54) is 0 Å². The van der Waals surface area contributed by atoms with Crippen LogP contribution in [0.15, 0.2) is 24.3 Å². The molecule has 0 fully saturated rings. The summed E-state index contributed by atoms with van der Waals surface area (Å²) in [5, 5.41) is 8.68. The van der Waals surface area contributed by atoms with Gasteiger partial charge in [0.25, 0.3) is 5.91 Å². The summed E-state index contributed by atoms with van der Waals surface area (Å²) in [6.07, 6.45) is 4.24. The zero-order valence-electron chi connectivity index (χ0n) is 13.8. The van der Waals surface area contributed by atoms with Gasteiger partial charge in [-0.2, -0.15) is 0 Å². The van der Waals surface area contributed by atoms with Crippen molar-refractivity contribution >= 4 is 34.8 Å². The maximum Gasteiger partial charge on any atom is 0.251 e. The predicted molar refractivity (Wildman–Crippen MR) is 97.6 cm³/mol. The summed E-state index contributed by atoms with van der Waals surface area (Å²) < 4.78 is 0. The molecule has 0 heterocycles. The van der Waals surface area contributed by atoms with Crippen molar-refractivity contribution in [1.29, 1.82) is 0 Å². The Morgan fingerprint density at radius 2 is 1.87 bits per heavy atom. The van der Waals surface area contributed by atoms with Crippen LogP contribution in [0.2, 0.25) is 0 Å². The van der Waals surface area contributed by atoms with E-state index in [9.17, 15) is 9.59 Å². The molecule has 0 aliphatic rings. The summed E-state index contributed by atoms with van der Waals surface area (Å²) in [5.74, 6) is -0.210. The Morgan fingerprint density at radius 3 is 2.57 bits per heavy atom. The molecule has 6 heteroatoms. The quantitative estimate of drug-likeness (QED) is 0.504. The number of hydrogen-bond acceptors (Lipinski definition) is 3. The average molecular weight is 335 g/mol. The first-order chi connectivity index (χ1) is 11.1. The highest BCUT2D eigenvalue weighted by molar-refractivity contribution is 7.80. The molecular formula is C17H25N3O2S. The van der Waals surface area contributed by atoms with E-state index in [4.69, 9.17) is 12.2 Å². The molecule has 2 amide bonds. The average Bonchev–Trinajstić information content (AvgIpc) is 2.53. The first-order valence-corrected chi connectivity index (χ1v) is 8.46. The number of nitrogens with one attached hydrogen (secondary N) is 3. The van der Waals surface area contributed by atoms with Crippen LogP contribution < -0.4 is 16.0 Å². The summed E-state index contributed by atoms with van der Waals surface area (Å²) in [4.78, 5) is 23.6. The van der Waals surface area contributed by atoms with Gasteiger partial charge in [-0.05, 0) is 43.3 Å². The van der Waals surface area contributed by atoms with Gasteiger partial charge in [-0.1, -0.05) is 32.8 Å². The van der Waals surface area contributed by atoms with Crippen molar-refractivity contribution < 1.29 is 9.59 Å². The topological polar surface area (TPSA) is 70.2 Å². The highest BCUT2D eigenvalue weighted by Gasteiger charge is 2.07. The molecule has 0 radical (unpaired) electrons. The van der Waals surface area contributed by atoms with Gasteiger partial charge in [0.05, 0.1) is 0 Å². The van der Waals surface area contributed by atoms with Gasteiger partial charge >= 0.3 is 0 Å². The fourth-order valence-corrected chi connectivity index (χ4v) is 2.14. The lowest BCUT2D eigenvalue weighted by molar-refractivity contribution is -0.119. The maximum absolute atomic E-state index is 12.0. The minimum absolute atomic E-state index is 0.0992. The molecule has 0 aliphatic heterocycles. The molecular weight excluding hydrogens is 310 g/mol. The maximum atomic E-state index is 12.0. The number of hydrogen-bond donors (Lipinski definition) is 3. The third-order valence-corrected chi connectivity index (χ3v) is 3.41.